The van der Waals surface area contributed by atoms with E-state index in [1.54, 1.807) is 35.1 Å². The van der Waals surface area contributed by atoms with E-state index >= 15 is 4.39 Å². The number of carbonyl (C=O) groups excluding carboxylic acids is 4. The van der Waals surface area contributed by atoms with E-state index < -0.39 is 17.6 Å². The number of amides is 4. The molecule has 8 rings (SSSR count). The highest BCUT2D eigenvalue weighted by Gasteiger charge is 2.37. The number of ether oxygens (including phenoxy) is 1. The molecule has 13 nitrogen and oxygen atoms in total. The maximum Gasteiger partial charge on any atom is 0.261 e. The fourth-order valence-electron chi connectivity index (χ4n) is 8.42. The molecule has 3 saturated heterocycles. The van der Waals surface area contributed by atoms with Gasteiger partial charge in [-0.05, 0) is 87.8 Å². The summed E-state index contributed by atoms with van der Waals surface area (Å²) in [5.41, 5.74) is 3.94. The first-order valence-corrected chi connectivity index (χ1v) is 19.0. The van der Waals surface area contributed by atoms with Crippen molar-refractivity contribution in [1.82, 2.24) is 29.7 Å². The van der Waals surface area contributed by atoms with Gasteiger partial charge in [0, 0.05) is 80.9 Å². The zero-order valence-electron chi connectivity index (χ0n) is 30.6. The highest BCUT2D eigenvalue weighted by molar-refractivity contribution is 6.09. The number of benzene rings is 2. The van der Waals surface area contributed by atoms with E-state index in [4.69, 9.17) is 4.74 Å². The molecule has 2 aromatic heterocycles. The minimum atomic E-state index is -0.636. The zero-order chi connectivity index (χ0) is 37.5. The third kappa shape index (κ3) is 7.14. The average molecular weight is 737 g/mol. The second kappa shape index (κ2) is 14.8. The van der Waals surface area contributed by atoms with Gasteiger partial charge in [0.05, 0.1) is 23.9 Å². The lowest BCUT2D eigenvalue weighted by atomic mass is 9.89. The van der Waals surface area contributed by atoms with Gasteiger partial charge in [0.2, 0.25) is 11.8 Å². The van der Waals surface area contributed by atoms with Crippen LogP contribution in [0.5, 0.6) is 5.75 Å². The van der Waals surface area contributed by atoms with Gasteiger partial charge in [-0.2, -0.15) is 5.10 Å². The van der Waals surface area contributed by atoms with Crippen LogP contribution in [0.15, 0.2) is 55.0 Å². The van der Waals surface area contributed by atoms with Gasteiger partial charge in [-0.15, -0.1) is 0 Å². The smallest absolute Gasteiger partial charge is 0.261 e. The molecule has 6 heterocycles. The predicted molar refractivity (Wildman–Crippen MR) is 199 cm³/mol. The molecular formula is C40H45FN8O5. The lowest BCUT2D eigenvalue weighted by Crippen LogP contribution is -2.47. The number of aromatic nitrogens is 3. The summed E-state index contributed by atoms with van der Waals surface area (Å²) >= 11 is 0. The van der Waals surface area contributed by atoms with Crippen LogP contribution in [0, 0.1) is 11.7 Å². The van der Waals surface area contributed by atoms with E-state index in [2.05, 4.69) is 30.5 Å². The van der Waals surface area contributed by atoms with Crippen molar-refractivity contribution in [3.63, 3.8) is 0 Å². The Morgan fingerprint density at radius 3 is 2.57 bits per heavy atom. The summed E-state index contributed by atoms with van der Waals surface area (Å²) in [6.07, 6.45) is 9.00. The van der Waals surface area contributed by atoms with E-state index in [9.17, 15) is 19.2 Å². The Morgan fingerprint density at radius 2 is 1.83 bits per heavy atom. The topological polar surface area (TPSA) is 141 Å². The highest BCUT2D eigenvalue weighted by Crippen LogP contribution is 2.37. The highest BCUT2D eigenvalue weighted by atomic mass is 19.1. The van der Waals surface area contributed by atoms with E-state index in [0.29, 0.717) is 52.7 Å². The second-order valence-corrected chi connectivity index (χ2v) is 15.2. The van der Waals surface area contributed by atoms with E-state index in [-0.39, 0.29) is 36.3 Å². The third-order valence-electron chi connectivity index (χ3n) is 11.3. The minimum absolute atomic E-state index is 0.00397. The average Bonchev–Trinajstić information content (AvgIpc) is 3.73. The SMILES string of the molecule is CC(C)Oc1cc2c(cc1NC(=O)c1cnn3cccnc13)CN(C1CCN(CC3CCN(c4ccc(C5CCC(=O)NC5=O)c(F)c4)CC3)CC1)C2=O. The number of imide groups is 1. The Kier molecular flexibility index (Phi) is 9.78. The van der Waals surface area contributed by atoms with Crippen LogP contribution in [0.1, 0.15) is 90.1 Å². The number of rotatable bonds is 9. The summed E-state index contributed by atoms with van der Waals surface area (Å²) in [5, 5.41) is 9.54. The number of nitrogens with one attached hydrogen (secondary N) is 2. The summed E-state index contributed by atoms with van der Waals surface area (Å²) in [5.74, 6) is -1.15. The Bertz CT molecular complexity index is 2100. The first-order valence-electron chi connectivity index (χ1n) is 19.0. The monoisotopic (exact) mass is 736 g/mol. The Hall–Kier alpha value is -5.37. The fraction of sp³-hybridized carbons (Fsp3) is 0.450. The number of halogens is 1. The molecule has 0 radical (unpaired) electrons. The number of nitrogens with zero attached hydrogens (tertiary/aromatic N) is 6. The summed E-state index contributed by atoms with van der Waals surface area (Å²) in [6, 6.07) is 10.6. The number of piperidine rings is 3. The number of anilines is 2. The van der Waals surface area contributed by atoms with Crippen molar-refractivity contribution in [3.8, 4) is 5.75 Å². The van der Waals surface area contributed by atoms with Gasteiger partial charge in [0.25, 0.3) is 11.8 Å². The van der Waals surface area contributed by atoms with E-state index in [0.717, 1.165) is 69.7 Å². The van der Waals surface area contributed by atoms with Crippen LogP contribution in [-0.2, 0) is 16.1 Å². The standard InChI is InChI=1S/C40H45FN8O5/c1-24(2)54-35-20-31-26(18-34(35)44-39(52)32-21-43-49-13-3-12-42-37(32)49)23-48(40(31)53)27-10-14-46(15-11-27)22-25-8-16-47(17-9-25)28-4-5-29(33(41)19-28)30-6-7-36(50)45-38(30)51/h3-5,12-13,18-21,24-25,27,30H,6-11,14-17,22-23H2,1-2H3,(H,44,52)(H,45,50,51). The van der Waals surface area contributed by atoms with Gasteiger partial charge >= 0.3 is 0 Å². The Balaban J connectivity index is 0.847. The van der Waals surface area contributed by atoms with Crippen LogP contribution in [0.4, 0.5) is 15.8 Å². The molecule has 282 valence electrons. The lowest BCUT2D eigenvalue weighted by Gasteiger charge is -2.40. The van der Waals surface area contributed by atoms with Crippen LogP contribution in [0.25, 0.3) is 5.65 Å². The van der Waals surface area contributed by atoms with Crippen LogP contribution >= 0.6 is 0 Å². The number of likely N-dealkylation sites (tertiary alicyclic amines) is 1. The maximum atomic E-state index is 15.2. The number of hydrogen-bond donors (Lipinski definition) is 2. The van der Waals surface area contributed by atoms with Gasteiger partial charge in [-0.1, -0.05) is 6.07 Å². The first-order chi connectivity index (χ1) is 26.1. The molecule has 2 aromatic carbocycles. The van der Waals surface area contributed by atoms with Crippen molar-refractivity contribution in [2.75, 3.05) is 42.9 Å². The van der Waals surface area contributed by atoms with Crippen molar-refractivity contribution >= 4 is 40.7 Å². The molecule has 3 fully saturated rings. The molecule has 0 aliphatic carbocycles. The van der Waals surface area contributed by atoms with E-state index in [1.807, 2.05) is 30.9 Å². The van der Waals surface area contributed by atoms with Crippen LogP contribution in [-0.4, -0.2) is 92.9 Å². The van der Waals surface area contributed by atoms with Crippen molar-refractivity contribution in [2.24, 2.45) is 5.92 Å². The summed E-state index contributed by atoms with van der Waals surface area (Å²) in [7, 11) is 0. The molecule has 4 aromatic rings. The quantitative estimate of drug-likeness (QED) is 0.233. The van der Waals surface area contributed by atoms with Crippen LogP contribution in [0.2, 0.25) is 0 Å². The molecule has 0 spiro atoms. The van der Waals surface area contributed by atoms with Gasteiger partial charge in [0.1, 0.15) is 17.1 Å². The Labute approximate surface area is 312 Å². The maximum absolute atomic E-state index is 15.2. The number of hydrogen-bond acceptors (Lipinski definition) is 9. The molecule has 4 aliphatic rings. The third-order valence-corrected chi connectivity index (χ3v) is 11.3. The Morgan fingerprint density at radius 1 is 1.04 bits per heavy atom. The van der Waals surface area contributed by atoms with Crippen molar-refractivity contribution < 1.29 is 28.3 Å². The second-order valence-electron chi connectivity index (χ2n) is 15.2. The lowest BCUT2D eigenvalue weighted by molar-refractivity contribution is -0.134. The van der Waals surface area contributed by atoms with Crippen LogP contribution < -0.4 is 20.3 Å². The largest absolute Gasteiger partial charge is 0.489 e. The van der Waals surface area contributed by atoms with Gasteiger partial charge in [-0.3, -0.25) is 24.5 Å². The molecule has 4 aliphatic heterocycles. The summed E-state index contributed by atoms with van der Waals surface area (Å²) < 4.78 is 22.8. The number of fused-ring (bicyclic) bond motifs is 2. The zero-order valence-corrected chi connectivity index (χ0v) is 30.6. The van der Waals surface area contributed by atoms with Gasteiger partial charge in [0.15, 0.2) is 5.65 Å². The first kappa shape index (κ1) is 35.6. The normalized spacial score (nSPS) is 20.1. The van der Waals surface area contributed by atoms with Crippen molar-refractivity contribution in [3.05, 3.63) is 83.1 Å². The molecule has 0 saturated carbocycles. The van der Waals surface area contributed by atoms with Gasteiger partial charge < -0.3 is 24.8 Å². The molecule has 1 unspecified atom stereocenters. The van der Waals surface area contributed by atoms with Crippen LogP contribution in [0.3, 0.4) is 0 Å². The molecule has 0 bridgehead atoms. The molecule has 54 heavy (non-hydrogen) atoms. The minimum Gasteiger partial charge on any atom is -0.489 e. The molecule has 14 heteroatoms. The molecular weight excluding hydrogens is 691 g/mol. The predicted octanol–water partition coefficient (Wildman–Crippen LogP) is 4.76. The molecule has 4 amide bonds. The molecule has 1 atom stereocenters. The fourth-order valence-corrected chi connectivity index (χ4v) is 8.42. The summed E-state index contributed by atoms with van der Waals surface area (Å²) in [6.45, 7) is 8.79. The molecule has 2 N–H and O–H groups in total. The number of carbonyl (C=O) groups is 4. The van der Waals surface area contributed by atoms with E-state index in [1.165, 1.54) is 12.3 Å². The van der Waals surface area contributed by atoms with Crippen molar-refractivity contribution in [1.29, 1.82) is 0 Å². The van der Waals surface area contributed by atoms with Gasteiger partial charge in [-0.25, -0.2) is 13.9 Å². The van der Waals surface area contributed by atoms with Crippen molar-refractivity contribution in [2.45, 2.75) is 77.0 Å². The summed E-state index contributed by atoms with van der Waals surface area (Å²) in [4.78, 5) is 62.0.